The van der Waals surface area contributed by atoms with Gasteiger partial charge in [0.25, 0.3) is 0 Å². The number of aryl methyl sites for hydroxylation is 1. The first-order valence-electron chi connectivity index (χ1n) is 8.19. The summed E-state index contributed by atoms with van der Waals surface area (Å²) < 4.78 is 1.61. The Morgan fingerprint density at radius 2 is 1.89 bits per heavy atom. The third-order valence-electron chi connectivity index (χ3n) is 3.77. The van der Waals surface area contributed by atoms with Crippen molar-refractivity contribution in [2.24, 2.45) is 5.10 Å². The third-order valence-corrected chi connectivity index (χ3v) is 5.08. The van der Waals surface area contributed by atoms with E-state index in [1.165, 1.54) is 16.9 Å². The van der Waals surface area contributed by atoms with Crippen molar-refractivity contribution in [1.82, 2.24) is 19.9 Å². The Morgan fingerprint density at radius 1 is 1.11 bits per heavy atom. The molecule has 0 aliphatic rings. The maximum Gasteiger partial charge on any atom is 0.189 e. The van der Waals surface area contributed by atoms with Crippen molar-refractivity contribution in [3.8, 4) is 11.4 Å². The van der Waals surface area contributed by atoms with Gasteiger partial charge in [-0.05, 0) is 19.1 Å². The van der Waals surface area contributed by atoms with E-state index in [0.29, 0.717) is 16.1 Å². The van der Waals surface area contributed by atoms with Gasteiger partial charge in [0, 0.05) is 11.3 Å². The molecule has 0 unspecified atom stereocenters. The predicted octanol–water partition coefficient (Wildman–Crippen LogP) is 4.99. The highest BCUT2D eigenvalue weighted by atomic mass is 35.5. The van der Waals surface area contributed by atoms with E-state index < -0.39 is 0 Å². The summed E-state index contributed by atoms with van der Waals surface area (Å²) in [4.78, 5) is 5.10. The maximum absolute atomic E-state index is 6.26. The van der Waals surface area contributed by atoms with Gasteiger partial charge in [-0.1, -0.05) is 71.0 Å². The van der Waals surface area contributed by atoms with Gasteiger partial charge < -0.3 is 5.32 Å². The molecular formula is C19H15ClN6S. The van der Waals surface area contributed by atoms with Crippen LogP contribution in [0.1, 0.15) is 10.4 Å². The molecule has 0 radical (unpaired) electrons. The number of rotatable bonds is 5. The Balaban J connectivity index is 1.55. The number of nitrogens with zero attached hydrogens (tertiary/aromatic N) is 5. The molecule has 0 bridgehead atoms. The topological polar surface area (TPSA) is 68.0 Å². The van der Waals surface area contributed by atoms with Crippen LogP contribution in [0.2, 0.25) is 5.15 Å². The number of halogens is 1. The lowest BCUT2D eigenvalue weighted by molar-refractivity contribution is 0.888. The summed E-state index contributed by atoms with van der Waals surface area (Å²) in [5.74, 6) is 0.658. The highest BCUT2D eigenvalue weighted by Gasteiger charge is 2.09. The average molecular weight is 395 g/mol. The van der Waals surface area contributed by atoms with E-state index in [2.05, 4.69) is 25.6 Å². The van der Waals surface area contributed by atoms with E-state index in [-0.39, 0.29) is 0 Å². The second kappa shape index (κ2) is 7.69. The van der Waals surface area contributed by atoms with E-state index in [4.69, 9.17) is 11.6 Å². The molecule has 0 saturated carbocycles. The molecule has 0 atom stereocenters. The third kappa shape index (κ3) is 4.05. The van der Waals surface area contributed by atoms with Crippen LogP contribution in [0, 0.1) is 6.92 Å². The van der Waals surface area contributed by atoms with Crippen molar-refractivity contribution < 1.29 is 0 Å². The summed E-state index contributed by atoms with van der Waals surface area (Å²) >= 11 is 7.69. The summed E-state index contributed by atoms with van der Waals surface area (Å²) in [6.45, 7) is 2.05. The number of aromatic nitrogens is 4. The molecule has 0 aliphatic carbocycles. The fourth-order valence-corrected chi connectivity index (χ4v) is 3.46. The van der Waals surface area contributed by atoms with E-state index in [9.17, 15) is 0 Å². The van der Waals surface area contributed by atoms with Gasteiger partial charge in [-0.2, -0.15) is 9.78 Å². The molecule has 0 aliphatic heterocycles. The molecule has 2 aromatic carbocycles. The molecule has 4 aromatic rings. The smallest absolute Gasteiger partial charge is 0.189 e. The van der Waals surface area contributed by atoms with Crippen LogP contribution in [0.3, 0.4) is 0 Å². The predicted molar refractivity (Wildman–Crippen MR) is 110 cm³/mol. The summed E-state index contributed by atoms with van der Waals surface area (Å²) in [6, 6.07) is 17.8. The van der Waals surface area contributed by atoms with Crippen LogP contribution in [0.15, 0.2) is 66.0 Å². The van der Waals surface area contributed by atoms with Gasteiger partial charge in [0.1, 0.15) is 6.33 Å². The van der Waals surface area contributed by atoms with Gasteiger partial charge in [0.15, 0.2) is 16.1 Å². The molecule has 2 heterocycles. The molecule has 0 fully saturated rings. The maximum atomic E-state index is 6.26. The average Bonchev–Trinajstić information content (AvgIpc) is 3.29. The molecule has 6 nitrogen and oxygen atoms in total. The normalized spacial score (nSPS) is 11.2. The van der Waals surface area contributed by atoms with Crippen LogP contribution in [0.25, 0.3) is 11.4 Å². The van der Waals surface area contributed by atoms with E-state index in [1.54, 1.807) is 17.2 Å². The lowest BCUT2D eigenvalue weighted by Gasteiger charge is -2.01. The van der Waals surface area contributed by atoms with Gasteiger partial charge in [0.2, 0.25) is 0 Å². The fourth-order valence-electron chi connectivity index (χ4n) is 2.41. The Kier molecular flexibility index (Phi) is 4.95. The molecular weight excluding hydrogens is 380 g/mol. The Labute approximate surface area is 165 Å². The minimum atomic E-state index is 0.396. The first-order valence-corrected chi connectivity index (χ1v) is 9.38. The van der Waals surface area contributed by atoms with Gasteiger partial charge >= 0.3 is 0 Å². The highest BCUT2D eigenvalue weighted by Crippen LogP contribution is 2.28. The van der Waals surface area contributed by atoms with Crippen molar-refractivity contribution in [3.63, 3.8) is 0 Å². The van der Waals surface area contributed by atoms with E-state index >= 15 is 0 Å². The van der Waals surface area contributed by atoms with Crippen LogP contribution in [0.4, 0.5) is 10.8 Å². The second-order valence-electron chi connectivity index (χ2n) is 5.77. The number of benzene rings is 2. The molecule has 0 spiro atoms. The van der Waals surface area contributed by atoms with Crippen LogP contribution >= 0.6 is 22.9 Å². The zero-order valence-electron chi connectivity index (χ0n) is 14.4. The number of anilines is 2. The molecule has 2 aromatic heterocycles. The largest absolute Gasteiger partial charge is 0.331 e. The quantitative estimate of drug-likeness (QED) is 0.484. The van der Waals surface area contributed by atoms with Crippen LogP contribution in [-0.2, 0) is 0 Å². The first-order chi connectivity index (χ1) is 13.2. The Hall–Kier alpha value is -3.03. The van der Waals surface area contributed by atoms with Crippen molar-refractivity contribution >= 4 is 40.0 Å². The van der Waals surface area contributed by atoms with Crippen molar-refractivity contribution in [3.05, 3.63) is 76.5 Å². The van der Waals surface area contributed by atoms with Gasteiger partial charge in [-0.3, -0.25) is 0 Å². The van der Waals surface area contributed by atoms with E-state index in [1.807, 2.05) is 61.5 Å². The minimum Gasteiger partial charge on any atom is -0.331 e. The Morgan fingerprint density at radius 3 is 2.67 bits per heavy atom. The first kappa shape index (κ1) is 17.4. The molecule has 4 rings (SSSR count). The Bertz CT molecular complexity index is 1070. The van der Waals surface area contributed by atoms with Gasteiger partial charge in [-0.25, -0.2) is 4.98 Å². The highest BCUT2D eigenvalue weighted by molar-refractivity contribution is 7.17. The number of hydrogen-bond donors (Lipinski definition) is 1. The van der Waals surface area contributed by atoms with E-state index in [0.717, 1.165) is 16.1 Å². The number of thiazole rings is 1. The lowest BCUT2D eigenvalue weighted by Crippen LogP contribution is -1.92. The van der Waals surface area contributed by atoms with Crippen LogP contribution in [-0.4, -0.2) is 26.1 Å². The molecule has 0 saturated heterocycles. The molecule has 8 heteroatoms. The zero-order chi connectivity index (χ0) is 18.6. The number of nitrogens with one attached hydrogen (secondary N) is 1. The monoisotopic (exact) mass is 394 g/mol. The van der Waals surface area contributed by atoms with Gasteiger partial charge in [0.05, 0.1) is 11.1 Å². The fraction of sp³-hybridized carbons (Fsp3) is 0.0526. The molecule has 27 heavy (non-hydrogen) atoms. The van der Waals surface area contributed by atoms with Crippen LogP contribution < -0.4 is 5.32 Å². The van der Waals surface area contributed by atoms with Crippen LogP contribution in [0.5, 0.6) is 0 Å². The SMILES string of the molecule is Cc1ccc(Nc2nc(Cl)c(/C=N/n3cnnc3-c3ccccc3)s2)cc1. The number of hydrogen-bond acceptors (Lipinski definition) is 6. The summed E-state index contributed by atoms with van der Waals surface area (Å²) in [6.07, 6.45) is 3.22. The summed E-state index contributed by atoms with van der Waals surface area (Å²) in [5, 5.41) is 16.9. The minimum absolute atomic E-state index is 0.396. The summed E-state index contributed by atoms with van der Waals surface area (Å²) in [7, 11) is 0. The van der Waals surface area contributed by atoms with Crippen molar-refractivity contribution in [1.29, 1.82) is 0 Å². The lowest BCUT2D eigenvalue weighted by atomic mass is 10.2. The molecule has 134 valence electrons. The molecule has 0 amide bonds. The molecule has 1 N–H and O–H groups in total. The standard InChI is InChI=1S/C19H15ClN6S/c1-13-7-9-15(10-8-13)23-19-24-17(20)16(27-19)11-22-26-12-21-25-18(26)14-5-3-2-4-6-14/h2-12H,1H3,(H,23,24)/b22-11+. The van der Waals surface area contributed by atoms with Crippen molar-refractivity contribution in [2.75, 3.05) is 5.32 Å². The van der Waals surface area contributed by atoms with Crippen molar-refractivity contribution in [2.45, 2.75) is 6.92 Å². The van der Waals surface area contributed by atoms with Gasteiger partial charge in [-0.15, -0.1) is 10.2 Å². The zero-order valence-corrected chi connectivity index (χ0v) is 15.9. The second-order valence-corrected chi connectivity index (χ2v) is 7.16. The summed E-state index contributed by atoms with van der Waals surface area (Å²) in [5.41, 5.74) is 3.10.